The van der Waals surface area contributed by atoms with Crippen LogP contribution in [0.25, 0.3) is 0 Å². The zero-order chi connectivity index (χ0) is 9.10. The molecule has 2 N–H and O–H groups in total. The molecule has 0 unspecified atom stereocenters. The molecule has 1 saturated heterocycles. The number of aromatic nitrogens is 1. The van der Waals surface area contributed by atoms with Gasteiger partial charge in [0.15, 0.2) is 5.13 Å². The number of nitrogens with zero attached hydrogens (tertiary/aromatic N) is 1. The molecule has 13 heavy (non-hydrogen) atoms. The fourth-order valence-corrected chi connectivity index (χ4v) is 2.30. The van der Waals surface area contributed by atoms with Gasteiger partial charge in [-0.25, -0.2) is 4.98 Å². The smallest absolute Gasteiger partial charge is 0.183 e. The number of thiazole rings is 1. The van der Waals surface area contributed by atoms with E-state index in [0.717, 1.165) is 18.2 Å². The number of hydrogen-bond acceptors (Lipinski definition) is 4. The zero-order valence-corrected chi connectivity index (χ0v) is 8.66. The van der Waals surface area contributed by atoms with Gasteiger partial charge in [-0.15, -0.1) is 11.3 Å². The zero-order valence-electron chi connectivity index (χ0n) is 7.84. The molecule has 72 valence electrons. The van der Waals surface area contributed by atoms with Gasteiger partial charge in [-0.3, -0.25) is 0 Å². The maximum Gasteiger partial charge on any atom is 0.183 e. The van der Waals surface area contributed by atoms with Crippen molar-refractivity contribution in [1.82, 2.24) is 10.3 Å². The van der Waals surface area contributed by atoms with Crippen LogP contribution < -0.4 is 10.6 Å². The normalized spacial score (nSPS) is 18.8. The van der Waals surface area contributed by atoms with E-state index in [1.165, 1.54) is 17.7 Å². The molecule has 0 atom stereocenters. The van der Waals surface area contributed by atoms with Crippen LogP contribution in [0.15, 0.2) is 6.20 Å². The summed E-state index contributed by atoms with van der Waals surface area (Å²) in [5.74, 6) is 0. The molecule has 2 rings (SSSR count). The van der Waals surface area contributed by atoms with Gasteiger partial charge in [-0.05, 0) is 32.9 Å². The van der Waals surface area contributed by atoms with Crippen LogP contribution in [0.2, 0.25) is 0 Å². The Morgan fingerprint density at radius 2 is 2.31 bits per heavy atom. The van der Waals surface area contributed by atoms with Crippen LogP contribution in [-0.2, 0) is 0 Å². The van der Waals surface area contributed by atoms with Crippen LogP contribution in [0.4, 0.5) is 5.13 Å². The van der Waals surface area contributed by atoms with Crippen LogP contribution in [0.1, 0.15) is 17.7 Å². The first kappa shape index (κ1) is 8.97. The van der Waals surface area contributed by atoms with Crippen LogP contribution >= 0.6 is 11.3 Å². The lowest BCUT2D eigenvalue weighted by Crippen LogP contribution is -2.35. The van der Waals surface area contributed by atoms with Crippen LogP contribution in [0, 0.1) is 6.92 Å². The summed E-state index contributed by atoms with van der Waals surface area (Å²) in [7, 11) is 0. The number of anilines is 1. The molecule has 0 aliphatic carbocycles. The first-order chi connectivity index (χ1) is 6.34. The van der Waals surface area contributed by atoms with E-state index in [1.807, 2.05) is 6.20 Å². The predicted molar refractivity (Wildman–Crippen MR) is 56.4 cm³/mol. The summed E-state index contributed by atoms with van der Waals surface area (Å²) in [5, 5.41) is 7.89. The minimum absolute atomic E-state index is 0.617. The maximum absolute atomic E-state index is 4.30. The van der Waals surface area contributed by atoms with Crippen molar-refractivity contribution in [2.75, 3.05) is 18.4 Å². The quantitative estimate of drug-likeness (QED) is 0.756. The summed E-state index contributed by atoms with van der Waals surface area (Å²) < 4.78 is 0. The van der Waals surface area contributed by atoms with E-state index in [4.69, 9.17) is 0 Å². The number of nitrogens with one attached hydrogen (secondary N) is 2. The first-order valence-electron chi connectivity index (χ1n) is 4.74. The third kappa shape index (κ3) is 2.42. The lowest BCUT2D eigenvalue weighted by molar-refractivity contribution is 0.479. The predicted octanol–water partition coefficient (Wildman–Crippen LogP) is 1.62. The van der Waals surface area contributed by atoms with E-state index in [1.54, 1.807) is 11.3 Å². The molecule has 1 aromatic heterocycles. The van der Waals surface area contributed by atoms with Gasteiger partial charge in [0, 0.05) is 17.1 Å². The highest BCUT2D eigenvalue weighted by Crippen LogP contribution is 2.19. The Morgan fingerprint density at radius 3 is 2.92 bits per heavy atom. The van der Waals surface area contributed by atoms with Crippen molar-refractivity contribution in [3.63, 3.8) is 0 Å². The Labute approximate surface area is 82.6 Å². The summed E-state index contributed by atoms with van der Waals surface area (Å²) in [6, 6.07) is 0.617. The number of hydrogen-bond donors (Lipinski definition) is 2. The first-order valence-corrected chi connectivity index (χ1v) is 5.56. The van der Waals surface area contributed by atoms with Gasteiger partial charge in [0.05, 0.1) is 0 Å². The van der Waals surface area contributed by atoms with Crippen LogP contribution in [0.3, 0.4) is 0 Å². The van der Waals surface area contributed by atoms with E-state index < -0.39 is 0 Å². The average Bonchev–Trinajstić information content (AvgIpc) is 2.53. The summed E-state index contributed by atoms with van der Waals surface area (Å²) in [6.07, 6.45) is 4.34. The highest BCUT2D eigenvalue weighted by atomic mass is 32.1. The lowest BCUT2D eigenvalue weighted by atomic mass is 10.1. The third-order valence-electron chi connectivity index (χ3n) is 2.29. The van der Waals surface area contributed by atoms with Crippen molar-refractivity contribution < 1.29 is 0 Å². The topological polar surface area (TPSA) is 37.0 Å². The van der Waals surface area contributed by atoms with Gasteiger partial charge in [-0.1, -0.05) is 0 Å². The lowest BCUT2D eigenvalue weighted by Gasteiger charge is -2.23. The van der Waals surface area contributed by atoms with Crippen molar-refractivity contribution in [1.29, 1.82) is 0 Å². The maximum atomic E-state index is 4.30. The molecule has 0 spiro atoms. The molecule has 0 radical (unpaired) electrons. The Balaban J connectivity index is 1.89. The molecule has 0 aromatic carbocycles. The van der Waals surface area contributed by atoms with Crippen molar-refractivity contribution in [3.05, 3.63) is 11.1 Å². The Kier molecular flexibility index (Phi) is 2.80. The van der Waals surface area contributed by atoms with Crippen molar-refractivity contribution in [3.8, 4) is 0 Å². The van der Waals surface area contributed by atoms with E-state index >= 15 is 0 Å². The SMILES string of the molecule is Cc1cnc(NC2CCNCC2)s1. The van der Waals surface area contributed by atoms with Gasteiger partial charge in [0.25, 0.3) is 0 Å². The van der Waals surface area contributed by atoms with Crippen molar-refractivity contribution >= 4 is 16.5 Å². The second-order valence-corrected chi connectivity index (χ2v) is 4.68. The molecule has 0 saturated carbocycles. The van der Waals surface area contributed by atoms with E-state index in [2.05, 4.69) is 22.5 Å². The second kappa shape index (κ2) is 4.07. The Hall–Kier alpha value is -0.610. The molecular weight excluding hydrogens is 182 g/mol. The summed E-state index contributed by atoms with van der Waals surface area (Å²) in [5.41, 5.74) is 0. The number of aryl methyl sites for hydroxylation is 1. The highest BCUT2D eigenvalue weighted by molar-refractivity contribution is 7.15. The van der Waals surface area contributed by atoms with Gasteiger partial charge in [-0.2, -0.15) is 0 Å². The monoisotopic (exact) mass is 197 g/mol. The molecule has 1 aliphatic rings. The van der Waals surface area contributed by atoms with Crippen LogP contribution in [-0.4, -0.2) is 24.1 Å². The minimum Gasteiger partial charge on any atom is -0.359 e. The standard InChI is InChI=1S/C9H15N3S/c1-7-6-11-9(13-7)12-8-2-4-10-5-3-8/h6,8,10H,2-5H2,1H3,(H,11,12). The van der Waals surface area contributed by atoms with E-state index in [-0.39, 0.29) is 0 Å². The molecule has 0 amide bonds. The van der Waals surface area contributed by atoms with E-state index in [0.29, 0.717) is 6.04 Å². The molecule has 2 heterocycles. The summed E-state index contributed by atoms with van der Waals surface area (Å²) in [4.78, 5) is 5.57. The highest BCUT2D eigenvalue weighted by Gasteiger charge is 2.13. The third-order valence-corrected chi connectivity index (χ3v) is 3.13. The van der Waals surface area contributed by atoms with E-state index in [9.17, 15) is 0 Å². The fraction of sp³-hybridized carbons (Fsp3) is 0.667. The Bertz CT molecular complexity index is 266. The number of rotatable bonds is 2. The van der Waals surface area contributed by atoms with Gasteiger partial charge < -0.3 is 10.6 Å². The average molecular weight is 197 g/mol. The summed E-state index contributed by atoms with van der Waals surface area (Å²) >= 11 is 1.74. The molecule has 3 nitrogen and oxygen atoms in total. The number of piperidine rings is 1. The van der Waals surface area contributed by atoms with Crippen molar-refractivity contribution in [2.45, 2.75) is 25.8 Å². The molecule has 1 fully saturated rings. The fourth-order valence-electron chi connectivity index (χ4n) is 1.56. The molecule has 1 aliphatic heterocycles. The minimum atomic E-state index is 0.617. The largest absolute Gasteiger partial charge is 0.359 e. The molecular formula is C9H15N3S. The molecule has 0 bridgehead atoms. The van der Waals surface area contributed by atoms with Gasteiger partial charge in [0.1, 0.15) is 0 Å². The summed E-state index contributed by atoms with van der Waals surface area (Å²) in [6.45, 7) is 4.34. The van der Waals surface area contributed by atoms with Gasteiger partial charge >= 0.3 is 0 Å². The van der Waals surface area contributed by atoms with Crippen molar-refractivity contribution in [2.24, 2.45) is 0 Å². The molecule has 1 aromatic rings. The van der Waals surface area contributed by atoms with Crippen LogP contribution in [0.5, 0.6) is 0 Å². The molecule has 4 heteroatoms. The Morgan fingerprint density at radius 1 is 1.54 bits per heavy atom. The van der Waals surface area contributed by atoms with Gasteiger partial charge in [0.2, 0.25) is 0 Å². The second-order valence-electron chi connectivity index (χ2n) is 3.44.